The molecule has 1 saturated heterocycles. The van der Waals surface area contributed by atoms with Gasteiger partial charge in [0.05, 0.1) is 12.3 Å². The topological polar surface area (TPSA) is 51.2 Å². The molecule has 2 aliphatic heterocycles. The van der Waals surface area contributed by atoms with Gasteiger partial charge in [-0.25, -0.2) is 0 Å². The quantitative estimate of drug-likeness (QED) is 0.767. The van der Waals surface area contributed by atoms with Gasteiger partial charge in [0.1, 0.15) is 19.3 Å². The van der Waals surface area contributed by atoms with Crippen LogP contribution in [-0.4, -0.2) is 62.9 Å². The first kappa shape index (κ1) is 16.9. The van der Waals surface area contributed by atoms with Gasteiger partial charge in [0.15, 0.2) is 11.5 Å². The van der Waals surface area contributed by atoms with E-state index < -0.39 is 0 Å². The summed E-state index contributed by atoms with van der Waals surface area (Å²) in [6.07, 6.45) is 0.774. The molecule has 24 heavy (non-hydrogen) atoms. The van der Waals surface area contributed by atoms with Crippen LogP contribution in [0.3, 0.4) is 0 Å². The Morgan fingerprint density at radius 3 is 2.62 bits per heavy atom. The monoisotopic (exact) mass is 334 g/mol. The minimum Gasteiger partial charge on any atom is -0.486 e. The lowest BCUT2D eigenvalue weighted by Crippen LogP contribution is -2.53. The minimum absolute atomic E-state index is 0.109. The van der Waals surface area contributed by atoms with Crippen molar-refractivity contribution in [2.24, 2.45) is 0 Å². The molecule has 0 aromatic heterocycles. The third kappa shape index (κ3) is 3.43. The van der Waals surface area contributed by atoms with Gasteiger partial charge in [-0.2, -0.15) is 0 Å². The second-order valence-electron chi connectivity index (χ2n) is 6.00. The third-order valence-corrected chi connectivity index (χ3v) is 4.59. The van der Waals surface area contributed by atoms with Gasteiger partial charge in [-0.15, -0.1) is 0 Å². The van der Waals surface area contributed by atoms with E-state index in [2.05, 4.69) is 15.9 Å². The molecule has 2 heterocycles. The maximum Gasteiger partial charge on any atom is 0.323 e. The molecule has 0 bridgehead atoms. The zero-order valence-electron chi connectivity index (χ0n) is 14.5. The zero-order chi connectivity index (χ0) is 16.9. The van der Waals surface area contributed by atoms with E-state index in [1.54, 1.807) is 0 Å². The van der Waals surface area contributed by atoms with Gasteiger partial charge < -0.3 is 19.1 Å². The molecule has 0 amide bonds. The second-order valence-corrected chi connectivity index (χ2v) is 6.00. The third-order valence-electron chi connectivity index (χ3n) is 4.59. The summed E-state index contributed by atoms with van der Waals surface area (Å²) in [5, 5.41) is 0. The number of para-hydroxylation sites is 1. The lowest BCUT2D eigenvalue weighted by atomic mass is 10.1. The Kier molecular flexibility index (Phi) is 5.45. The van der Waals surface area contributed by atoms with Crippen LogP contribution in [0.25, 0.3) is 0 Å². The normalized spacial score (nSPS) is 19.0. The average Bonchev–Trinajstić information content (AvgIpc) is 2.63. The fourth-order valence-corrected chi connectivity index (χ4v) is 3.39. The molecule has 0 saturated carbocycles. The molecule has 0 N–H and O–H groups in total. The fourth-order valence-electron chi connectivity index (χ4n) is 3.39. The van der Waals surface area contributed by atoms with Crippen molar-refractivity contribution in [2.75, 3.05) is 50.9 Å². The first-order valence-electron chi connectivity index (χ1n) is 8.78. The molecule has 2 aliphatic rings. The number of piperazine rings is 1. The van der Waals surface area contributed by atoms with Crippen LogP contribution in [0.2, 0.25) is 0 Å². The Morgan fingerprint density at radius 2 is 1.92 bits per heavy atom. The van der Waals surface area contributed by atoms with Gasteiger partial charge in [0.25, 0.3) is 0 Å². The van der Waals surface area contributed by atoms with E-state index in [4.69, 9.17) is 14.2 Å². The highest BCUT2D eigenvalue weighted by molar-refractivity contribution is 5.75. The number of hydrogen-bond acceptors (Lipinski definition) is 6. The summed E-state index contributed by atoms with van der Waals surface area (Å²) in [6.45, 7) is 8.89. The van der Waals surface area contributed by atoms with Crippen molar-refractivity contribution in [3.8, 4) is 11.5 Å². The van der Waals surface area contributed by atoms with Crippen LogP contribution >= 0.6 is 0 Å². The van der Waals surface area contributed by atoms with E-state index in [0.29, 0.717) is 19.8 Å². The van der Waals surface area contributed by atoms with Gasteiger partial charge in [-0.1, -0.05) is 13.0 Å². The number of carbonyl (C=O) groups is 1. The largest absolute Gasteiger partial charge is 0.486 e. The Labute approximate surface area is 143 Å². The van der Waals surface area contributed by atoms with Gasteiger partial charge in [-0.3, -0.25) is 9.69 Å². The first-order chi connectivity index (χ1) is 11.7. The molecule has 6 heteroatoms. The van der Waals surface area contributed by atoms with E-state index in [-0.39, 0.29) is 12.0 Å². The molecule has 1 aromatic carbocycles. The smallest absolute Gasteiger partial charge is 0.323 e. The van der Waals surface area contributed by atoms with E-state index >= 15 is 0 Å². The van der Waals surface area contributed by atoms with Gasteiger partial charge >= 0.3 is 5.97 Å². The number of benzene rings is 1. The van der Waals surface area contributed by atoms with Crippen molar-refractivity contribution in [1.82, 2.24) is 4.90 Å². The number of esters is 1. The summed E-state index contributed by atoms with van der Waals surface area (Å²) >= 11 is 0. The van der Waals surface area contributed by atoms with E-state index in [1.165, 1.54) is 0 Å². The van der Waals surface area contributed by atoms with Crippen molar-refractivity contribution in [3.63, 3.8) is 0 Å². The van der Waals surface area contributed by atoms with Crippen molar-refractivity contribution >= 4 is 11.7 Å². The van der Waals surface area contributed by atoms with Crippen molar-refractivity contribution in [3.05, 3.63) is 18.2 Å². The fraction of sp³-hybridized carbons (Fsp3) is 0.611. The molecule has 1 aromatic rings. The molecule has 0 aliphatic carbocycles. The maximum absolute atomic E-state index is 12.1. The Bertz CT molecular complexity index is 570. The number of ether oxygens (including phenoxy) is 3. The van der Waals surface area contributed by atoms with Gasteiger partial charge in [-0.05, 0) is 25.5 Å². The molecule has 0 spiro atoms. The highest BCUT2D eigenvalue weighted by atomic mass is 16.6. The molecular weight excluding hydrogens is 308 g/mol. The molecule has 6 nitrogen and oxygen atoms in total. The van der Waals surface area contributed by atoms with Gasteiger partial charge in [0.2, 0.25) is 0 Å². The molecule has 1 atom stereocenters. The highest BCUT2D eigenvalue weighted by Crippen LogP contribution is 2.39. The Balaban J connectivity index is 1.66. The standard InChI is InChI=1S/C18H26N2O4/c1-3-14(18(21)22-4-2)19-8-10-20(11-9-19)15-6-5-7-16-17(15)24-13-12-23-16/h5-7,14H,3-4,8-13H2,1-2H3/t14-/m1/s1. The molecule has 1 fully saturated rings. The van der Waals surface area contributed by atoms with E-state index in [1.807, 2.05) is 26.0 Å². The second kappa shape index (κ2) is 7.75. The number of carbonyl (C=O) groups excluding carboxylic acids is 1. The van der Waals surface area contributed by atoms with Crippen LogP contribution in [0.4, 0.5) is 5.69 Å². The van der Waals surface area contributed by atoms with Crippen LogP contribution in [0.15, 0.2) is 18.2 Å². The van der Waals surface area contributed by atoms with Crippen LogP contribution in [0, 0.1) is 0 Å². The highest BCUT2D eigenvalue weighted by Gasteiger charge is 2.30. The molecule has 132 valence electrons. The summed E-state index contributed by atoms with van der Waals surface area (Å²) in [7, 11) is 0. The molecule has 3 rings (SSSR count). The minimum atomic E-state index is -0.142. The van der Waals surface area contributed by atoms with Crippen molar-refractivity contribution in [1.29, 1.82) is 0 Å². The average molecular weight is 334 g/mol. The summed E-state index contributed by atoms with van der Waals surface area (Å²) in [6, 6.07) is 5.88. The SMILES string of the molecule is CCOC(=O)[C@@H](CC)N1CCN(c2cccc3c2OCCO3)CC1. The summed E-state index contributed by atoms with van der Waals surface area (Å²) in [5.74, 6) is 1.55. The van der Waals surface area contributed by atoms with E-state index in [9.17, 15) is 4.79 Å². The van der Waals surface area contributed by atoms with Gasteiger partial charge in [0, 0.05) is 26.2 Å². The first-order valence-corrected chi connectivity index (χ1v) is 8.78. The number of fused-ring (bicyclic) bond motifs is 1. The maximum atomic E-state index is 12.1. The van der Waals surface area contributed by atoms with Crippen LogP contribution in [0.1, 0.15) is 20.3 Å². The zero-order valence-corrected chi connectivity index (χ0v) is 14.5. The Hall–Kier alpha value is -1.95. The summed E-state index contributed by atoms with van der Waals surface area (Å²) < 4.78 is 16.7. The van der Waals surface area contributed by atoms with Crippen LogP contribution < -0.4 is 14.4 Å². The lowest BCUT2D eigenvalue weighted by Gasteiger charge is -2.39. The number of rotatable bonds is 5. The summed E-state index contributed by atoms with van der Waals surface area (Å²) in [5.41, 5.74) is 1.08. The van der Waals surface area contributed by atoms with E-state index in [0.717, 1.165) is 49.8 Å². The number of anilines is 1. The molecule has 0 radical (unpaired) electrons. The predicted octanol–water partition coefficient (Wildman–Crippen LogP) is 1.92. The van der Waals surface area contributed by atoms with Crippen molar-refractivity contribution in [2.45, 2.75) is 26.3 Å². The van der Waals surface area contributed by atoms with Crippen LogP contribution in [0.5, 0.6) is 11.5 Å². The number of hydrogen-bond donors (Lipinski definition) is 0. The molecule has 0 unspecified atom stereocenters. The van der Waals surface area contributed by atoms with Crippen molar-refractivity contribution < 1.29 is 19.0 Å². The summed E-state index contributed by atoms with van der Waals surface area (Å²) in [4.78, 5) is 16.6. The molecular formula is C18H26N2O4. The number of nitrogens with zero attached hydrogens (tertiary/aromatic N) is 2. The Morgan fingerprint density at radius 1 is 1.17 bits per heavy atom. The predicted molar refractivity (Wildman–Crippen MR) is 91.9 cm³/mol. The lowest BCUT2D eigenvalue weighted by molar-refractivity contribution is -0.149. The van der Waals surface area contributed by atoms with Crippen LogP contribution in [-0.2, 0) is 9.53 Å².